The first-order chi connectivity index (χ1) is 7.52. The molecular formula is C15H31N. The molecule has 0 aromatic heterocycles. The Bertz CT molecular complexity index is 188. The molecule has 0 bridgehead atoms. The van der Waals surface area contributed by atoms with E-state index < -0.39 is 0 Å². The quantitative estimate of drug-likeness (QED) is 0.743. The molecule has 16 heavy (non-hydrogen) atoms. The highest BCUT2D eigenvalue weighted by Crippen LogP contribution is 2.37. The fourth-order valence-corrected chi connectivity index (χ4v) is 3.25. The molecule has 1 nitrogen and oxygen atoms in total. The van der Waals surface area contributed by atoms with Gasteiger partial charge in [0.05, 0.1) is 0 Å². The summed E-state index contributed by atoms with van der Waals surface area (Å²) in [5.41, 5.74) is 0. The van der Waals surface area contributed by atoms with Crippen molar-refractivity contribution in [1.82, 2.24) is 5.32 Å². The SMILES string of the molecule is CN[C@@H](C)C1CC(C)CC(CCC(C)C)C1. The number of hydrogen-bond donors (Lipinski definition) is 1. The second-order valence-electron chi connectivity index (χ2n) is 6.49. The lowest BCUT2D eigenvalue weighted by atomic mass is 9.71. The van der Waals surface area contributed by atoms with Crippen molar-refractivity contribution in [3.63, 3.8) is 0 Å². The second kappa shape index (κ2) is 6.64. The zero-order chi connectivity index (χ0) is 12.1. The summed E-state index contributed by atoms with van der Waals surface area (Å²) >= 11 is 0. The Morgan fingerprint density at radius 3 is 2.38 bits per heavy atom. The molecule has 0 heterocycles. The fourth-order valence-electron chi connectivity index (χ4n) is 3.25. The van der Waals surface area contributed by atoms with Gasteiger partial charge in [0.25, 0.3) is 0 Å². The van der Waals surface area contributed by atoms with Crippen molar-refractivity contribution in [2.24, 2.45) is 23.7 Å². The molecule has 3 unspecified atom stereocenters. The predicted molar refractivity (Wildman–Crippen MR) is 72.6 cm³/mol. The lowest BCUT2D eigenvalue weighted by Crippen LogP contribution is -2.36. The van der Waals surface area contributed by atoms with Crippen LogP contribution in [0.25, 0.3) is 0 Å². The van der Waals surface area contributed by atoms with Crippen molar-refractivity contribution < 1.29 is 0 Å². The van der Waals surface area contributed by atoms with Crippen LogP contribution in [0.2, 0.25) is 0 Å². The van der Waals surface area contributed by atoms with E-state index in [9.17, 15) is 0 Å². The molecule has 0 saturated heterocycles. The van der Waals surface area contributed by atoms with E-state index >= 15 is 0 Å². The van der Waals surface area contributed by atoms with Crippen LogP contribution in [-0.4, -0.2) is 13.1 Å². The third-order valence-electron chi connectivity index (χ3n) is 4.39. The number of nitrogens with one attached hydrogen (secondary N) is 1. The highest BCUT2D eigenvalue weighted by Gasteiger charge is 2.29. The third kappa shape index (κ3) is 4.45. The van der Waals surface area contributed by atoms with Crippen LogP contribution in [0.1, 0.15) is 59.8 Å². The van der Waals surface area contributed by atoms with Crippen molar-refractivity contribution in [1.29, 1.82) is 0 Å². The van der Waals surface area contributed by atoms with E-state index in [2.05, 4.69) is 40.1 Å². The van der Waals surface area contributed by atoms with Crippen LogP contribution in [0, 0.1) is 23.7 Å². The van der Waals surface area contributed by atoms with E-state index in [0.717, 1.165) is 23.7 Å². The van der Waals surface area contributed by atoms with Crippen molar-refractivity contribution in [3.05, 3.63) is 0 Å². The molecule has 4 atom stereocenters. The van der Waals surface area contributed by atoms with Gasteiger partial charge in [0.1, 0.15) is 0 Å². The fraction of sp³-hybridized carbons (Fsp3) is 1.00. The highest BCUT2D eigenvalue weighted by molar-refractivity contribution is 4.82. The average Bonchev–Trinajstić information content (AvgIpc) is 2.24. The molecule has 1 aliphatic carbocycles. The summed E-state index contributed by atoms with van der Waals surface area (Å²) in [6.07, 6.45) is 7.23. The first-order valence-corrected chi connectivity index (χ1v) is 7.20. The maximum atomic E-state index is 3.44. The Morgan fingerprint density at radius 1 is 1.12 bits per heavy atom. The molecule has 0 aliphatic heterocycles. The maximum Gasteiger partial charge on any atom is 0.00642 e. The largest absolute Gasteiger partial charge is 0.317 e. The number of hydrogen-bond acceptors (Lipinski definition) is 1. The van der Waals surface area contributed by atoms with Gasteiger partial charge in [0.2, 0.25) is 0 Å². The molecule has 0 spiro atoms. The highest BCUT2D eigenvalue weighted by atomic mass is 14.9. The first-order valence-electron chi connectivity index (χ1n) is 7.20. The zero-order valence-electron chi connectivity index (χ0n) is 11.9. The molecule has 0 radical (unpaired) electrons. The molecule has 96 valence electrons. The molecule has 1 fully saturated rings. The van der Waals surface area contributed by atoms with Gasteiger partial charge in [-0.05, 0) is 56.9 Å². The summed E-state index contributed by atoms with van der Waals surface area (Å²) in [4.78, 5) is 0. The molecule has 0 amide bonds. The van der Waals surface area contributed by atoms with Crippen molar-refractivity contribution in [3.8, 4) is 0 Å². The van der Waals surface area contributed by atoms with Gasteiger partial charge < -0.3 is 5.32 Å². The molecular weight excluding hydrogens is 194 g/mol. The lowest BCUT2D eigenvalue weighted by Gasteiger charge is -2.36. The standard InChI is InChI=1S/C15H31N/c1-11(2)6-7-14-8-12(3)9-15(10-14)13(4)16-5/h11-16H,6-10H2,1-5H3/t12?,13-,14?,15?/m0/s1. The van der Waals surface area contributed by atoms with E-state index in [-0.39, 0.29) is 0 Å². The molecule has 1 saturated carbocycles. The van der Waals surface area contributed by atoms with Crippen LogP contribution in [0.4, 0.5) is 0 Å². The molecule has 1 aliphatic rings. The van der Waals surface area contributed by atoms with Crippen LogP contribution < -0.4 is 5.32 Å². The van der Waals surface area contributed by atoms with Crippen LogP contribution in [-0.2, 0) is 0 Å². The smallest absolute Gasteiger partial charge is 0.00642 e. The normalized spacial score (nSPS) is 33.0. The summed E-state index contributed by atoms with van der Waals surface area (Å²) < 4.78 is 0. The van der Waals surface area contributed by atoms with Crippen LogP contribution in [0.3, 0.4) is 0 Å². The Hall–Kier alpha value is -0.0400. The van der Waals surface area contributed by atoms with E-state index in [1.165, 1.54) is 32.1 Å². The summed E-state index contributed by atoms with van der Waals surface area (Å²) in [6, 6.07) is 0.698. The molecule has 0 aromatic carbocycles. The summed E-state index contributed by atoms with van der Waals surface area (Å²) in [5, 5.41) is 3.44. The van der Waals surface area contributed by atoms with E-state index in [0.29, 0.717) is 6.04 Å². The minimum atomic E-state index is 0.698. The zero-order valence-corrected chi connectivity index (χ0v) is 11.9. The summed E-state index contributed by atoms with van der Waals surface area (Å²) in [5.74, 6) is 3.71. The van der Waals surface area contributed by atoms with E-state index in [1.807, 2.05) is 0 Å². The van der Waals surface area contributed by atoms with Crippen LogP contribution in [0.15, 0.2) is 0 Å². The van der Waals surface area contributed by atoms with Gasteiger partial charge in [-0.25, -0.2) is 0 Å². The Balaban J connectivity index is 2.41. The molecule has 1 heteroatoms. The summed E-state index contributed by atoms with van der Waals surface area (Å²) in [6.45, 7) is 9.49. The third-order valence-corrected chi connectivity index (χ3v) is 4.39. The Kier molecular flexibility index (Phi) is 5.82. The Morgan fingerprint density at radius 2 is 1.81 bits per heavy atom. The first kappa shape index (κ1) is 14.0. The molecule has 1 N–H and O–H groups in total. The molecule has 1 rings (SSSR count). The topological polar surface area (TPSA) is 12.0 Å². The monoisotopic (exact) mass is 225 g/mol. The van der Waals surface area contributed by atoms with Gasteiger partial charge in [-0.1, -0.05) is 33.6 Å². The Labute approximate surface area is 102 Å². The van der Waals surface area contributed by atoms with Crippen molar-refractivity contribution in [2.75, 3.05) is 7.05 Å². The summed E-state index contributed by atoms with van der Waals surface area (Å²) in [7, 11) is 2.10. The predicted octanol–water partition coefficient (Wildman–Crippen LogP) is 4.08. The average molecular weight is 225 g/mol. The van der Waals surface area contributed by atoms with E-state index in [4.69, 9.17) is 0 Å². The van der Waals surface area contributed by atoms with Gasteiger partial charge in [-0.2, -0.15) is 0 Å². The second-order valence-corrected chi connectivity index (χ2v) is 6.49. The van der Waals surface area contributed by atoms with Gasteiger partial charge in [-0.15, -0.1) is 0 Å². The molecule has 0 aromatic rings. The lowest BCUT2D eigenvalue weighted by molar-refractivity contribution is 0.164. The van der Waals surface area contributed by atoms with E-state index in [1.54, 1.807) is 0 Å². The van der Waals surface area contributed by atoms with Crippen molar-refractivity contribution in [2.45, 2.75) is 65.8 Å². The van der Waals surface area contributed by atoms with Gasteiger partial charge in [0.15, 0.2) is 0 Å². The van der Waals surface area contributed by atoms with Gasteiger partial charge in [0, 0.05) is 6.04 Å². The van der Waals surface area contributed by atoms with Crippen LogP contribution in [0.5, 0.6) is 0 Å². The minimum absolute atomic E-state index is 0.698. The van der Waals surface area contributed by atoms with Gasteiger partial charge >= 0.3 is 0 Å². The van der Waals surface area contributed by atoms with Crippen LogP contribution >= 0.6 is 0 Å². The minimum Gasteiger partial charge on any atom is -0.317 e. The van der Waals surface area contributed by atoms with Gasteiger partial charge in [-0.3, -0.25) is 0 Å². The number of rotatable bonds is 5. The maximum absolute atomic E-state index is 3.44. The van der Waals surface area contributed by atoms with Crippen molar-refractivity contribution >= 4 is 0 Å².